The van der Waals surface area contributed by atoms with Crippen molar-refractivity contribution in [3.8, 4) is 0 Å². The van der Waals surface area contributed by atoms with E-state index in [0.717, 1.165) is 5.01 Å². The zero-order valence-electron chi connectivity index (χ0n) is 9.93. The average Bonchev–Trinajstić information content (AvgIpc) is 2.85. The maximum absolute atomic E-state index is 11.7. The van der Waals surface area contributed by atoms with Crippen LogP contribution in [-0.2, 0) is 7.05 Å². The van der Waals surface area contributed by atoms with E-state index in [1.165, 1.54) is 23.0 Å². The van der Waals surface area contributed by atoms with Gasteiger partial charge in [0.2, 0.25) is 0 Å². The predicted octanol–water partition coefficient (Wildman–Crippen LogP) is 0.285. The van der Waals surface area contributed by atoms with Gasteiger partial charge in [-0.3, -0.25) is 14.3 Å². The molecule has 0 aliphatic rings. The van der Waals surface area contributed by atoms with Gasteiger partial charge < -0.3 is 11.1 Å². The lowest BCUT2D eigenvalue weighted by atomic mass is 10.3. The average molecular weight is 267 g/mol. The van der Waals surface area contributed by atoms with Crippen LogP contribution in [-0.4, -0.2) is 14.5 Å². The predicted molar refractivity (Wildman–Crippen MR) is 70.9 cm³/mol. The Morgan fingerprint density at radius 2 is 2.28 bits per heavy atom. The van der Waals surface area contributed by atoms with Gasteiger partial charge in [-0.2, -0.15) is 0 Å². The largest absolute Gasteiger partial charge is 0.383 e. The van der Waals surface area contributed by atoms with Crippen molar-refractivity contribution in [2.24, 2.45) is 7.05 Å². The van der Waals surface area contributed by atoms with Crippen molar-refractivity contribution in [1.82, 2.24) is 14.5 Å². The van der Waals surface area contributed by atoms with E-state index in [2.05, 4.69) is 15.3 Å². The molecule has 0 aliphatic carbocycles. The Bertz CT molecular complexity index is 658. The molecule has 18 heavy (non-hydrogen) atoms. The van der Waals surface area contributed by atoms with Crippen LogP contribution in [0.4, 0.5) is 11.5 Å². The highest BCUT2D eigenvalue weighted by Crippen LogP contribution is 2.21. The third kappa shape index (κ3) is 2.14. The van der Waals surface area contributed by atoms with Gasteiger partial charge in [-0.25, -0.2) is 9.78 Å². The topological polar surface area (TPSA) is 106 Å². The van der Waals surface area contributed by atoms with Crippen molar-refractivity contribution in [1.29, 1.82) is 0 Å². The van der Waals surface area contributed by atoms with E-state index in [0.29, 0.717) is 0 Å². The second-order valence-electron chi connectivity index (χ2n) is 3.81. The number of anilines is 2. The van der Waals surface area contributed by atoms with Gasteiger partial charge in [-0.1, -0.05) is 0 Å². The maximum atomic E-state index is 11.7. The zero-order chi connectivity index (χ0) is 13.3. The molecule has 2 heterocycles. The van der Waals surface area contributed by atoms with Gasteiger partial charge in [-0.05, 0) is 6.92 Å². The van der Waals surface area contributed by atoms with E-state index in [9.17, 15) is 9.59 Å². The highest BCUT2D eigenvalue weighted by atomic mass is 32.1. The summed E-state index contributed by atoms with van der Waals surface area (Å²) >= 11 is 1.47. The quantitative estimate of drug-likeness (QED) is 0.741. The lowest BCUT2D eigenvalue weighted by Gasteiger charge is -2.14. The molecule has 0 fully saturated rings. The molecule has 2 aromatic heterocycles. The van der Waals surface area contributed by atoms with Gasteiger partial charge in [0, 0.05) is 18.6 Å². The minimum absolute atomic E-state index is 0.104. The Kier molecular flexibility index (Phi) is 3.19. The lowest BCUT2D eigenvalue weighted by Crippen LogP contribution is -2.32. The third-order valence-electron chi connectivity index (χ3n) is 2.55. The summed E-state index contributed by atoms with van der Waals surface area (Å²) in [6.45, 7) is 1.86. The van der Waals surface area contributed by atoms with Crippen LogP contribution in [0.3, 0.4) is 0 Å². The minimum atomic E-state index is -0.537. The Balaban J connectivity index is 2.39. The molecular weight excluding hydrogens is 254 g/mol. The molecule has 0 spiro atoms. The number of hydrogen-bond acceptors (Lipinski definition) is 6. The SMILES string of the molecule is CC(Nc1c(N)n(C)c(=O)[nH]c1=O)c1nccs1. The zero-order valence-corrected chi connectivity index (χ0v) is 10.7. The van der Waals surface area contributed by atoms with Crippen LogP contribution in [0.15, 0.2) is 21.2 Å². The normalized spacial score (nSPS) is 12.3. The minimum Gasteiger partial charge on any atom is -0.383 e. The van der Waals surface area contributed by atoms with Crippen LogP contribution in [0.25, 0.3) is 0 Å². The second kappa shape index (κ2) is 4.65. The standard InChI is InChI=1S/C10H13N5O2S/c1-5(9-12-3-4-18-9)13-6-7(11)15(2)10(17)14-8(6)16/h3-5,13H,11H2,1-2H3,(H,14,16,17). The number of aromatic amines is 1. The molecule has 0 aromatic carbocycles. The van der Waals surface area contributed by atoms with Crippen molar-refractivity contribution in [2.45, 2.75) is 13.0 Å². The van der Waals surface area contributed by atoms with Crippen LogP contribution in [0.1, 0.15) is 18.0 Å². The van der Waals surface area contributed by atoms with Crippen molar-refractivity contribution in [3.63, 3.8) is 0 Å². The smallest absolute Gasteiger partial charge is 0.329 e. The number of thiazole rings is 1. The fourth-order valence-electron chi connectivity index (χ4n) is 1.50. The number of nitrogen functional groups attached to an aromatic ring is 1. The van der Waals surface area contributed by atoms with E-state index in [1.807, 2.05) is 12.3 Å². The Morgan fingerprint density at radius 1 is 1.56 bits per heavy atom. The fraction of sp³-hybridized carbons (Fsp3) is 0.300. The van der Waals surface area contributed by atoms with Gasteiger partial charge in [0.1, 0.15) is 16.5 Å². The summed E-state index contributed by atoms with van der Waals surface area (Å²) in [5.41, 5.74) is 4.86. The third-order valence-corrected chi connectivity index (χ3v) is 3.51. The number of nitrogens with one attached hydrogen (secondary N) is 2. The molecule has 2 aromatic rings. The van der Waals surface area contributed by atoms with E-state index in [1.54, 1.807) is 6.20 Å². The fourth-order valence-corrected chi connectivity index (χ4v) is 2.15. The summed E-state index contributed by atoms with van der Waals surface area (Å²) in [7, 11) is 1.49. The highest BCUT2D eigenvalue weighted by Gasteiger charge is 2.14. The number of H-pyrrole nitrogens is 1. The first-order chi connectivity index (χ1) is 8.50. The molecule has 0 amide bonds. The highest BCUT2D eigenvalue weighted by molar-refractivity contribution is 7.09. The van der Waals surface area contributed by atoms with Crippen LogP contribution < -0.4 is 22.3 Å². The molecule has 7 nitrogen and oxygen atoms in total. The van der Waals surface area contributed by atoms with Gasteiger partial charge in [0.05, 0.1) is 6.04 Å². The van der Waals surface area contributed by atoms with E-state index < -0.39 is 11.2 Å². The molecule has 0 radical (unpaired) electrons. The molecule has 96 valence electrons. The van der Waals surface area contributed by atoms with Crippen molar-refractivity contribution in [3.05, 3.63) is 37.4 Å². The van der Waals surface area contributed by atoms with Gasteiger partial charge >= 0.3 is 5.69 Å². The molecule has 8 heteroatoms. The summed E-state index contributed by atoms with van der Waals surface area (Å²) in [5, 5.41) is 5.65. The van der Waals surface area contributed by atoms with Crippen molar-refractivity contribution >= 4 is 22.8 Å². The van der Waals surface area contributed by atoms with Crippen LogP contribution in [0.5, 0.6) is 0 Å². The Hall–Kier alpha value is -2.09. The van der Waals surface area contributed by atoms with Crippen molar-refractivity contribution in [2.75, 3.05) is 11.1 Å². The summed E-state index contributed by atoms with van der Waals surface area (Å²) in [6.07, 6.45) is 1.69. The molecular formula is C10H13N5O2S. The molecule has 1 unspecified atom stereocenters. The van der Waals surface area contributed by atoms with Gasteiger partial charge in [0.25, 0.3) is 5.56 Å². The molecule has 2 rings (SSSR count). The van der Waals surface area contributed by atoms with Gasteiger partial charge in [0.15, 0.2) is 0 Å². The first-order valence-electron chi connectivity index (χ1n) is 5.25. The van der Waals surface area contributed by atoms with Crippen molar-refractivity contribution < 1.29 is 0 Å². The monoisotopic (exact) mass is 267 g/mol. The molecule has 0 bridgehead atoms. The summed E-state index contributed by atoms with van der Waals surface area (Å²) in [4.78, 5) is 29.3. The number of rotatable bonds is 3. The molecule has 0 saturated heterocycles. The van der Waals surface area contributed by atoms with Crippen LogP contribution in [0.2, 0.25) is 0 Å². The van der Waals surface area contributed by atoms with Crippen LogP contribution in [0, 0.1) is 0 Å². The number of aromatic nitrogens is 3. The first kappa shape index (κ1) is 12.4. The maximum Gasteiger partial charge on any atom is 0.329 e. The molecule has 1 atom stereocenters. The van der Waals surface area contributed by atoms with Crippen LogP contribution >= 0.6 is 11.3 Å². The summed E-state index contributed by atoms with van der Waals surface area (Å²) in [6, 6.07) is -0.161. The number of hydrogen-bond donors (Lipinski definition) is 3. The molecule has 0 saturated carbocycles. The second-order valence-corrected chi connectivity index (χ2v) is 4.74. The first-order valence-corrected chi connectivity index (χ1v) is 6.13. The van der Waals surface area contributed by atoms with E-state index >= 15 is 0 Å². The Labute approximate surface area is 106 Å². The van der Waals surface area contributed by atoms with Gasteiger partial charge in [-0.15, -0.1) is 11.3 Å². The lowest BCUT2D eigenvalue weighted by molar-refractivity contribution is 0.799. The Morgan fingerprint density at radius 3 is 2.89 bits per heavy atom. The molecule has 4 N–H and O–H groups in total. The number of nitrogens with two attached hydrogens (primary N) is 1. The molecule has 0 aliphatic heterocycles. The summed E-state index contributed by atoms with van der Waals surface area (Å²) < 4.78 is 1.18. The summed E-state index contributed by atoms with van der Waals surface area (Å²) in [5.74, 6) is 0.104. The van der Waals surface area contributed by atoms with E-state index in [-0.39, 0.29) is 17.5 Å². The van der Waals surface area contributed by atoms with E-state index in [4.69, 9.17) is 5.73 Å². The number of nitrogens with zero attached hydrogens (tertiary/aromatic N) is 2.